The van der Waals surface area contributed by atoms with Gasteiger partial charge in [-0.25, -0.2) is 4.39 Å². The Labute approximate surface area is 147 Å². The Morgan fingerprint density at radius 3 is 2.88 bits per heavy atom. The summed E-state index contributed by atoms with van der Waals surface area (Å²) >= 11 is 5.33. The van der Waals surface area contributed by atoms with E-state index in [1.54, 1.807) is 12.1 Å². The van der Waals surface area contributed by atoms with Gasteiger partial charge in [-0.15, -0.1) is 0 Å². The molecule has 136 valence electrons. The number of hydrogen-bond acceptors (Lipinski definition) is 4. The van der Waals surface area contributed by atoms with E-state index in [0.717, 1.165) is 19.7 Å². The van der Waals surface area contributed by atoms with Crippen molar-refractivity contribution in [3.63, 3.8) is 0 Å². The summed E-state index contributed by atoms with van der Waals surface area (Å²) in [5.41, 5.74) is 0. The molecule has 7 heteroatoms. The lowest BCUT2D eigenvalue weighted by Crippen LogP contribution is -2.37. The minimum absolute atomic E-state index is 0.0575. The average molecular weight is 361 g/mol. The molecule has 2 rings (SSSR count). The zero-order chi connectivity index (χ0) is 17.8. The number of carbonyl (C=O) groups is 1. The number of nitrogens with one attached hydrogen (secondary N) is 2. The lowest BCUT2D eigenvalue weighted by molar-refractivity contribution is -0.127. The number of hydrogen-bond donors (Lipinski definition) is 2. The normalized spacial score (nSPS) is 17.6. The van der Waals surface area contributed by atoms with Crippen LogP contribution in [0.25, 0.3) is 0 Å². The van der Waals surface area contributed by atoms with Gasteiger partial charge in [0, 0.05) is 25.6 Å². The van der Waals surface area contributed by atoms with Gasteiger partial charge in [-0.3, -0.25) is 4.79 Å². The summed E-state index contributed by atoms with van der Waals surface area (Å²) in [6.45, 7) is 7.85. The number of amides is 1. The highest BCUT2D eigenvalue weighted by Gasteiger charge is 2.13. The minimum atomic E-state index is -0.367. The summed E-state index contributed by atoms with van der Waals surface area (Å²) in [6, 6.07) is 6.12. The summed E-state index contributed by atoms with van der Waals surface area (Å²) in [7, 11) is 0. The topological polar surface area (TPSA) is 59.6 Å². The van der Waals surface area contributed by atoms with Crippen molar-refractivity contribution in [2.24, 2.45) is 5.92 Å². The highest BCUT2D eigenvalue weighted by molar-refractivity contribution is 6.30. The fourth-order valence-electron chi connectivity index (χ4n) is 1.88. The van der Waals surface area contributed by atoms with Gasteiger partial charge in [0.2, 0.25) is 5.91 Å². The number of halogens is 2. The Morgan fingerprint density at radius 2 is 2.25 bits per heavy atom. The number of ether oxygens (including phenoxy) is 2. The quantitative estimate of drug-likeness (QED) is 0.845. The summed E-state index contributed by atoms with van der Waals surface area (Å²) < 4.78 is 22.8. The largest absolute Gasteiger partial charge is 0.380 e. The molecular weight excluding hydrogens is 335 g/mol. The molecule has 2 N–H and O–H groups in total. The van der Waals surface area contributed by atoms with Crippen LogP contribution in [-0.4, -0.2) is 51.5 Å². The van der Waals surface area contributed by atoms with Crippen LogP contribution < -0.4 is 10.6 Å². The van der Waals surface area contributed by atoms with Gasteiger partial charge in [0.1, 0.15) is 12.4 Å². The fraction of sp³-hybridized carbons (Fsp3) is 0.588. The van der Waals surface area contributed by atoms with Crippen molar-refractivity contribution < 1.29 is 18.7 Å². The van der Waals surface area contributed by atoms with Gasteiger partial charge in [-0.2, -0.15) is 0 Å². The molecule has 1 saturated heterocycles. The first-order valence-electron chi connectivity index (χ1n) is 8.05. The number of rotatable bonds is 5. The van der Waals surface area contributed by atoms with Crippen molar-refractivity contribution in [2.45, 2.75) is 20.0 Å². The van der Waals surface area contributed by atoms with E-state index in [9.17, 15) is 9.18 Å². The molecule has 0 radical (unpaired) electrons. The second-order valence-electron chi connectivity index (χ2n) is 5.72. The molecule has 24 heavy (non-hydrogen) atoms. The molecular formula is C17H26ClFN2O3. The molecule has 1 amide bonds. The van der Waals surface area contributed by atoms with E-state index in [-0.39, 0.29) is 29.5 Å². The van der Waals surface area contributed by atoms with E-state index in [4.69, 9.17) is 21.1 Å². The predicted molar refractivity (Wildman–Crippen MR) is 92.7 cm³/mol. The van der Waals surface area contributed by atoms with E-state index in [1.807, 2.05) is 13.8 Å². The Hall–Kier alpha value is -1.21. The van der Waals surface area contributed by atoms with Gasteiger partial charge in [-0.05, 0) is 26.0 Å². The van der Waals surface area contributed by atoms with Gasteiger partial charge in [0.15, 0.2) is 0 Å². The van der Waals surface area contributed by atoms with Crippen LogP contribution in [0, 0.1) is 11.7 Å². The molecule has 0 aliphatic carbocycles. The van der Waals surface area contributed by atoms with E-state index >= 15 is 0 Å². The Bertz CT molecular complexity index is 460. The van der Waals surface area contributed by atoms with Crippen molar-refractivity contribution in [1.82, 2.24) is 10.6 Å². The van der Waals surface area contributed by atoms with Crippen LogP contribution in [0.1, 0.15) is 13.8 Å². The zero-order valence-corrected chi connectivity index (χ0v) is 14.9. The molecule has 1 unspecified atom stereocenters. The molecule has 1 aliphatic heterocycles. The molecule has 0 bridgehead atoms. The molecule has 1 fully saturated rings. The monoisotopic (exact) mass is 360 g/mol. The van der Waals surface area contributed by atoms with Gasteiger partial charge >= 0.3 is 0 Å². The lowest BCUT2D eigenvalue weighted by Gasteiger charge is -2.15. The van der Waals surface area contributed by atoms with Crippen LogP contribution in [0.15, 0.2) is 24.3 Å². The first-order valence-corrected chi connectivity index (χ1v) is 8.43. The number of benzene rings is 1. The van der Waals surface area contributed by atoms with Crippen LogP contribution >= 0.6 is 11.6 Å². The van der Waals surface area contributed by atoms with E-state index in [1.165, 1.54) is 12.1 Å². The maximum Gasteiger partial charge on any atom is 0.246 e. The highest BCUT2D eigenvalue weighted by Crippen LogP contribution is 2.11. The zero-order valence-electron chi connectivity index (χ0n) is 14.2. The number of carbonyl (C=O) groups excluding carboxylic acids is 1. The fourth-order valence-corrected chi connectivity index (χ4v) is 2.02. The van der Waals surface area contributed by atoms with Crippen LogP contribution in [-0.2, 0) is 14.3 Å². The van der Waals surface area contributed by atoms with Crippen molar-refractivity contribution in [1.29, 1.82) is 0 Å². The van der Waals surface area contributed by atoms with Crippen LogP contribution in [0.2, 0.25) is 5.02 Å². The second-order valence-corrected chi connectivity index (χ2v) is 6.13. The first kappa shape index (κ1) is 20.8. The van der Waals surface area contributed by atoms with Crippen LogP contribution in [0.3, 0.4) is 0 Å². The summed E-state index contributed by atoms with van der Waals surface area (Å²) in [5.74, 6) is -0.0717. The molecule has 1 aliphatic rings. The summed E-state index contributed by atoms with van der Waals surface area (Å²) in [6.07, 6.45) is 0.0913. The molecule has 0 saturated carbocycles. The van der Waals surface area contributed by atoms with Gasteiger partial charge in [0.25, 0.3) is 0 Å². The molecule has 1 atom stereocenters. The van der Waals surface area contributed by atoms with Gasteiger partial charge in [0.05, 0.1) is 24.3 Å². The van der Waals surface area contributed by atoms with Crippen LogP contribution in [0.5, 0.6) is 0 Å². The lowest BCUT2D eigenvalue weighted by atomic mass is 10.1. The van der Waals surface area contributed by atoms with Crippen molar-refractivity contribution in [3.8, 4) is 0 Å². The Morgan fingerprint density at radius 1 is 1.50 bits per heavy atom. The average Bonchev–Trinajstić information content (AvgIpc) is 2.83. The van der Waals surface area contributed by atoms with E-state index in [2.05, 4.69) is 10.6 Å². The molecule has 1 aromatic carbocycles. The van der Waals surface area contributed by atoms with Crippen molar-refractivity contribution in [2.75, 3.05) is 39.5 Å². The van der Waals surface area contributed by atoms with E-state index < -0.39 is 0 Å². The maximum atomic E-state index is 12.2. The predicted octanol–water partition coefficient (Wildman–Crippen LogP) is 2.24. The summed E-state index contributed by atoms with van der Waals surface area (Å²) in [5, 5.41) is 6.29. The molecule has 0 spiro atoms. The highest BCUT2D eigenvalue weighted by atomic mass is 35.5. The summed E-state index contributed by atoms with van der Waals surface area (Å²) in [4.78, 5) is 11.4. The smallest absolute Gasteiger partial charge is 0.246 e. The van der Waals surface area contributed by atoms with Crippen molar-refractivity contribution in [3.05, 3.63) is 35.1 Å². The second kappa shape index (κ2) is 12.2. The third-order valence-electron chi connectivity index (χ3n) is 3.17. The SMILES string of the molecule is CC(C)OCC(=O)NCC1CNCCOC1.Fc1ccccc1Cl. The molecule has 1 heterocycles. The van der Waals surface area contributed by atoms with E-state index in [0.29, 0.717) is 19.1 Å². The minimum Gasteiger partial charge on any atom is -0.380 e. The first-order chi connectivity index (χ1) is 11.5. The molecule has 0 aromatic heterocycles. The van der Waals surface area contributed by atoms with Gasteiger partial charge < -0.3 is 20.1 Å². The van der Waals surface area contributed by atoms with Crippen LogP contribution in [0.4, 0.5) is 4.39 Å². The molecule has 1 aromatic rings. The van der Waals surface area contributed by atoms with Gasteiger partial charge in [-0.1, -0.05) is 23.7 Å². The van der Waals surface area contributed by atoms with Crippen molar-refractivity contribution >= 4 is 17.5 Å². The Balaban J connectivity index is 0.000000300. The third-order valence-corrected chi connectivity index (χ3v) is 3.48. The third kappa shape index (κ3) is 9.82. The Kier molecular flexibility index (Phi) is 10.6. The maximum absolute atomic E-state index is 12.2. The standard InChI is InChI=1S/C11H22N2O3.C6H4ClF/c1-9(2)16-8-11(14)13-6-10-5-12-3-4-15-7-10;7-5-3-1-2-4-6(5)8/h9-10,12H,3-8H2,1-2H3,(H,13,14);1-4H. The molecule has 5 nitrogen and oxygen atoms in total.